The van der Waals surface area contributed by atoms with E-state index in [9.17, 15) is 18.0 Å². The van der Waals surface area contributed by atoms with Crippen molar-refractivity contribution in [3.8, 4) is 0 Å². The molecule has 0 saturated heterocycles. The van der Waals surface area contributed by atoms with E-state index in [1.165, 1.54) is 12.1 Å². The van der Waals surface area contributed by atoms with Gasteiger partial charge in [0.25, 0.3) is 6.43 Å². The van der Waals surface area contributed by atoms with Gasteiger partial charge in [-0.2, -0.15) is 0 Å². The van der Waals surface area contributed by atoms with E-state index in [1.54, 1.807) is 20.8 Å². The van der Waals surface area contributed by atoms with Crippen LogP contribution in [0.4, 0.5) is 18.0 Å². The Labute approximate surface area is 123 Å². The van der Waals surface area contributed by atoms with Gasteiger partial charge in [0, 0.05) is 6.54 Å². The summed E-state index contributed by atoms with van der Waals surface area (Å²) in [6.07, 6.45) is -3.72. The number of rotatable bonds is 3. The van der Waals surface area contributed by atoms with Crippen LogP contribution in [0.25, 0.3) is 0 Å². The first-order valence-corrected chi connectivity index (χ1v) is 6.63. The van der Waals surface area contributed by atoms with Gasteiger partial charge in [-0.15, -0.1) is 0 Å². The van der Waals surface area contributed by atoms with Gasteiger partial charge >= 0.3 is 6.09 Å². The lowest BCUT2D eigenvalue weighted by atomic mass is 10.1. The van der Waals surface area contributed by atoms with Gasteiger partial charge in [0.15, 0.2) is 0 Å². The molecule has 0 atom stereocenters. The molecule has 7 heteroatoms. The Morgan fingerprint density at radius 1 is 1.40 bits per heavy atom. The Morgan fingerprint density at radius 3 is 2.50 bits per heavy atom. The number of ether oxygens (including phenoxy) is 1. The summed E-state index contributed by atoms with van der Waals surface area (Å²) in [5.74, 6) is -1.02. The van der Waals surface area contributed by atoms with Crippen molar-refractivity contribution in [3.05, 3.63) is 33.5 Å². The molecule has 0 fully saturated rings. The molecule has 0 saturated carbocycles. The Balaban J connectivity index is 2.84. The Kier molecular flexibility index (Phi) is 5.44. The van der Waals surface area contributed by atoms with Crippen molar-refractivity contribution in [1.29, 1.82) is 0 Å². The number of alkyl halides is 2. The highest BCUT2D eigenvalue weighted by atomic mass is 79.9. The fourth-order valence-electron chi connectivity index (χ4n) is 1.48. The van der Waals surface area contributed by atoms with Crippen molar-refractivity contribution in [3.63, 3.8) is 0 Å². The van der Waals surface area contributed by atoms with E-state index in [0.29, 0.717) is 0 Å². The van der Waals surface area contributed by atoms with Crippen LogP contribution in [0.2, 0.25) is 0 Å². The zero-order valence-corrected chi connectivity index (χ0v) is 12.9. The molecule has 0 radical (unpaired) electrons. The third kappa shape index (κ3) is 4.70. The lowest BCUT2D eigenvalue weighted by molar-refractivity contribution is 0.0522. The first-order valence-electron chi connectivity index (χ1n) is 5.83. The predicted octanol–water partition coefficient (Wildman–Crippen LogP) is 4.55. The maximum atomic E-state index is 13.6. The highest BCUT2D eigenvalue weighted by Crippen LogP contribution is 2.30. The molecule has 0 heterocycles. The molecule has 0 unspecified atom stereocenters. The summed E-state index contributed by atoms with van der Waals surface area (Å²) in [5, 5.41) is 2.32. The van der Waals surface area contributed by atoms with Crippen molar-refractivity contribution in [1.82, 2.24) is 5.32 Å². The Hall–Kier alpha value is -1.24. The van der Waals surface area contributed by atoms with Crippen LogP contribution in [0.3, 0.4) is 0 Å². The summed E-state index contributed by atoms with van der Waals surface area (Å²) >= 11 is 2.85. The first kappa shape index (κ1) is 16.8. The molecule has 1 aromatic carbocycles. The number of carbonyl (C=O) groups excluding carboxylic acids is 1. The molecule has 1 N–H and O–H groups in total. The standard InChI is InChI=1S/C13H15BrF3NO2/c1-13(2,3)20-12(19)18-6-7-4-5-8(14)10(15)9(7)11(16)17/h4-5,11H,6H2,1-3H3,(H,18,19). The molecule has 0 aromatic heterocycles. The number of hydrogen-bond donors (Lipinski definition) is 1. The van der Waals surface area contributed by atoms with Gasteiger partial charge < -0.3 is 10.1 Å². The molecule has 112 valence electrons. The molecule has 1 amide bonds. The molecule has 20 heavy (non-hydrogen) atoms. The summed E-state index contributed by atoms with van der Waals surface area (Å²) in [6.45, 7) is 4.79. The van der Waals surface area contributed by atoms with E-state index >= 15 is 0 Å². The molecule has 3 nitrogen and oxygen atoms in total. The van der Waals surface area contributed by atoms with E-state index in [-0.39, 0.29) is 16.6 Å². The van der Waals surface area contributed by atoms with Crippen molar-refractivity contribution < 1.29 is 22.7 Å². The highest BCUT2D eigenvalue weighted by Gasteiger charge is 2.22. The van der Waals surface area contributed by atoms with Crippen LogP contribution in [-0.4, -0.2) is 11.7 Å². The number of halogens is 4. The van der Waals surface area contributed by atoms with E-state index in [0.717, 1.165) is 0 Å². The number of alkyl carbamates (subject to hydrolysis) is 1. The molecule has 0 bridgehead atoms. The largest absolute Gasteiger partial charge is 0.444 e. The molecule has 0 aliphatic rings. The van der Waals surface area contributed by atoms with Gasteiger partial charge in [-0.3, -0.25) is 0 Å². The zero-order valence-electron chi connectivity index (χ0n) is 11.3. The number of nitrogens with one attached hydrogen (secondary N) is 1. The molecule has 0 spiro atoms. The third-order valence-corrected chi connectivity index (χ3v) is 2.88. The Bertz CT molecular complexity index is 501. The summed E-state index contributed by atoms with van der Waals surface area (Å²) in [7, 11) is 0. The van der Waals surface area contributed by atoms with Crippen LogP contribution in [-0.2, 0) is 11.3 Å². The minimum Gasteiger partial charge on any atom is -0.444 e. The van der Waals surface area contributed by atoms with Gasteiger partial charge in [0.1, 0.15) is 11.4 Å². The van der Waals surface area contributed by atoms with E-state index < -0.39 is 29.5 Å². The molecule has 0 aliphatic carbocycles. The average Bonchev–Trinajstić information content (AvgIpc) is 2.27. The zero-order chi connectivity index (χ0) is 15.5. The summed E-state index contributed by atoms with van der Waals surface area (Å²) in [6, 6.07) is 2.64. The summed E-state index contributed by atoms with van der Waals surface area (Å²) < 4.78 is 44.3. The van der Waals surface area contributed by atoms with Crippen LogP contribution in [0.1, 0.15) is 38.3 Å². The fraction of sp³-hybridized carbons (Fsp3) is 0.462. The van der Waals surface area contributed by atoms with Gasteiger partial charge in [0.05, 0.1) is 10.0 Å². The lowest BCUT2D eigenvalue weighted by Crippen LogP contribution is -2.32. The van der Waals surface area contributed by atoms with Crippen molar-refractivity contribution >= 4 is 22.0 Å². The van der Waals surface area contributed by atoms with Gasteiger partial charge in [0.2, 0.25) is 0 Å². The summed E-state index contributed by atoms with van der Waals surface area (Å²) in [5.41, 5.74) is -1.41. The second-order valence-corrected chi connectivity index (χ2v) is 5.94. The van der Waals surface area contributed by atoms with Gasteiger partial charge in [-0.1, -0.05) is 6.07 Å². The quantitative estimate of drug-likeness (QED) is 0.865. The van der Waals surface area contributed by atoms with Crippen molar-refractivity contribution in [2.45, 2.75) is 39.3 Å². The van der Waals surface area contributed by atoms with E-state index in [2.05, 4.69) is 21.2 Å². The maximum absolute atomic E-state index is 13.6. The molecule has 1 aromatic rings. The number of amides is 1. The summed E-state index contributed by atoms with van der Waals surface area (Å²) in [4.78, 5) is 11.4. The van der Waals surface area contributed by atoms with Gasteiger partial charge in [-0.05, 0) is 48.3 Å². The van der Waals surface area contributed by atoms with Crippen LogP contribution in [0.5, 0.6) is 0 Å². The molecule has 0 aliphatic heterocycles. The first-order chi connectivity index (χ1) is 9.11. The van der Waals surface area contributed by atoms with Crippen LogP contribution in [0, 0.1) is 5.82 Å². The van der Waals surface area contributed by atoms with Crippen LogP contribution in [0.15, 0.2) is 16.6 Å². The topological polar surface area (TPSA) is 38.3 Å². The monoisotopic (exact) mass is 353 g/mol. The smallest absolute Gasteiger partial charge is 0.407 e. The van der Waals surface area contributed by atoms with E-state index in [4.69, 9.17) is 4.74 Å². The lowest BCUT2D eigenvalue weighted by Gasteiger charge is -2.20. The van der Waals surface area contributed by atoms with Crippen LogP contribution >= 0.6 is 15.9 Å². The highest BCUT2D eigenvalue weighted by molar-refractivity contribution is 9.10. The van der Waals surface area contributed by atoms with Crippen LogP contribution < -0.4 is 5.32 Å². The van der Waals surface area contributed by atoms with Crippen molar-refractivity contribution in [2.24, 2.45) is 0 Å². The SMILES string of the molecule is CC(C)(C)OC(=O)NCc1ccc(Br)c(F)c1C(F)F. The molecular weight excluding hydrogens is 339 g/mol. The van der Waals surface area contributed by atoms with Gasteiger partial charge in [-0.25, -0.2) is 18.0 Å². The number of benzene rings is 1. The third-order valence-electron chi connectivity index (χ3n) is 2.26. The predicted molar refractivity (Wildman–Crippen MR) is 72.1 cm³/mol. The average molecular weight is 354 g/mol. The second kappa shape index (κ2) is 6.47. The second-order valence-electron chi connectivity index (χ2n) is 5.09. The minimum atomic E-state index is -2.97. The molecule has 1 rings (SSSR count). The number of hydrogen-bond acceptors (Lipinski definition) is 2. The van der Waals surface area contributed by atoms with E-state index in [1.807, 2.05) is 0 Å². The van der Waals surface area contributed by atoms with Crippen molar-refractivity contribution in [2.75, 3.05) is 0 Å². The normalized spacial score (nSPS) is 11.6. The maximum Gasteiger partial charge on any atom is 0.407 e. The Morgan fingerprint density at radius 2 is 2.00 bits per heavy atom. The molecular formula is C13H15BrF3NO2. The minimum absolute atomic E-state index is 0.00607. The fourth-order valence-corrected chi connectivity index (χ4v) is 1.82. The number of carbonyl (C=O) groups is 1.